The molecule has 0 saturated heterocycles. The number of aromatic nitrogens is 2. The van der Waals surface area contributed by atoms with Crippen LogP contribution in [0, 0.1) is 6.92 Å². The molecule has 20 heavy (non-hydrogen) atoms. The number of carbonyl (C=O) groups excluding carboxylic acids is 1. The molecule has 0 saturated carbocycles. The number of nitrogens with zero attached hydrogens (tertiary/aromatic N) is 1. The second-order valence-corrected chi connectivity index (χ2v) is 4.46. The molecular weight excluding hydrogens is 256 g/mol. The minimum Gasteiger partial charge on any atom is -0.302 e. The van der Waals surface area contributed by atoms with Crippen LogP contribution in [0.1, 0.15) is 23.7 Å². The van der Waals surface area contributed by atoms with Gasteiger partial charge in [-0.2, -0.15) is 5.10 Å². The van der Waals surface area contributed by atoms with Gasteiger partial charge in [0.15, 0.2) is 0 Å². The Morgan fingerprint density at radius 3 is 2.55 bits per heavy atom. The third-order valence-corrected chi connectivity index (χ3v) is 2.97. The molecule has 0 bridgehead atoms. The van der Waals surface area contributed by atoms with Gasteiger partial charge in [-0.3, -0.25) is 14.7 Å². The smallest absolute Gasteiger partial charge is 0.267 e. The summed E-state index contributed by atoms with van der Waals surface area (Å²) in [6.07, 6.45) is -0.00373. The highest BCUT2D eigenvalue weighted by molar-refractivity contribution is 5.99. The lowest BCUT2D eigenvalue weighted by molar-refractivity contribution is -0.120. The number of rotatable bonds is 4. The second-order valence-electron chi connectivity index (χ2n) is 4.46. The van der Waals surface area contributed by atoms with Gasteiger partial charge in [-0.15, -0.1) is 0 Å². The molecule has 1 heterocycles. The van der Waals surface area contributed by atoms with Gasteiger partial charge in [0.1, 0.15) is 0 Å². The lowest BCUT2D eigenvalue weighted by Gasteiger charge is -2.02. The largest absolute Gasteiger partial charge is 0.302 e. The van der Waals surface area contributed by atoms with Crippen LogP contribution in [0.15, 0.2) is 40.2 Å². The number of hydrogen-bond acceptors (Lipinski definition) is 3. The van der Waals surface area contributed by atoms with Crippen LogP contribution >= 0.6 is 0 Å². The van der Waals surface area contributed by atoms with Gasteiger partial charge >= 0.3 is 0 Å². The van der Waals surface area contributed by atoms with Crippen molar-refractivity contribution in [2.75, 3.05) is 0 Å². The molecule has 1 aromatic heterocycles. The number of aryl methyl sites for hydroxylation is 1. The number of aromatic amines is 2. The Kier molecular flexibility index (Phi) is 4.14. The van der Waals surface area contributed by atoms with E-state index in [0.29, 0.717) is 17.0 Å². The van der Waals surface area contributed by atoms with Crippen LogP contribution in [0.3, 0.4) is 0 Å². The van der Waals surface area contributed by atoms with Crippen LogP contribution in [-0.2, 0) is 11.2 Å². The van der Waals surface area contributed by atoms with Crippen molar-refractivity contribution in [1.82, 2.24) is 15.6 Å². The maximum absolute atomic E-state index is 11.8. The minimum atomic E-state index is -0.325. The molecule has 0 radical (unpaired) electrons. The van der Waals surface area contributed by atoms with E-state index in [9.17, 15) is 9.59 Å². The lowest BCUT2D eigenvalue weighted by Crippen LogP contribution is -2.24. The summed E-state index contributed by atoms with van der Waals surface area (Å²) in [5.41, 5.74) is 4.91. The average molecular weight is 272 g/mol. The maximum Gasteiger partial charge on any atom is 0.267 e. The van der Waals surface area contributed by atoms with E-state index in [-0.39, 0.29) is 17.9 Å². The predicted molar refractivity (Wildman–Crippen MR) is 76.7 cm³/mol. The van der Waals surface area contributed by atoms with Crippen LogP contribution in [0.2, 0.25) is 0 Å². The van der Waals surface area contributed by atoms with Crippen molar-refractivity contribution in [3.8, 4) is 0 Å². The van der Waals surface area contributed by atoms with Gasteiger partial charge in [0, 0.05) is 11.3 Å². The molecule has 6 nitrogen and oxygen atoms in total. The number of H-pyrrole nitrogens is 2. The van der Waals surface area contributed by atoms with Crippen LogP contribution in [0.25, 0.3) is 0 Å². The first kappa shape index (κ1) is 13.8. The summed E-state index contributed by atoms with van der Waals surface area (Å²) in [6, 6.07) is 9.53. The Labute approximate surface area is 115 Å². The lowest BCUT2D eigenvalue weighted by atomic mass is 10.1. The number of benzene rings is 1. The SMILES string of the molecule is C/C(=N\NC(=O)Cc1c(C)[nH][nH]c1=O)c1ccccc1. The van der Waals surface area contributed by atoms with E-state index in [1.54, 1.807) is 6.92 Å². The van der Waals surface area contributed by atoms with Crippen molar-refractivity contribution >= 4 is 11.6 Å². The van der Waals surface area contributed by atoms with Gasteiger partial charge in [-0.1, -0.05) is 30.3 Å². The number of hydrazone groups is 1. The zero-order valence-corrected chi connectivity index (χ0v) is 11.4. The van der Waals surface area contributed by atoms with Crippen molar-refractivity contribution < 1.29 is 4.79 Å². The molecule has 104 valence electrons. The normalized spacial score (nSPS) is 11.4. The second kappa shape index (κ2) is 6.01. The van der Waals surface area contributed by atoms with Gasteiger partial charge in [0.05, 0.1) is 12.1 Å². The van der Waals surface area contributed by atoms with Gasteiger partial charge in [-0.25, -0.2) is 5.43 Å². The van der Waals surface area contributed by atoms with E-state index >= 15 is 0 Å². The maximum atomic E-state index is 11.8. The van der Waals surface area contributed by atoms with Crippen molar-refractivity contribution in [2.24, 2.45) is 5.10 Å². The number of hydrogen-bond donors (Lipinski definition) is 3. The van der Waals surface area contributed by atoms with E-state index in [2.05, 4.69) is 20.7 Å². The summed E-state index contributed by atoms with van der Waals surface area (Å²) in [7, 11) is 0. The molecule has 0 fully saturated rings. The summed E-state index contributed by atoms with van der Waals surface area (Å²) in [4.78, 5) is 23.2. The summed E-state index contributed by atoms with van der Waals surface area (Å²) in [6.45, 7) is 3.54. The average Bonchev–Trinajstić information content (AvgIpc) is 2.77. The third kappa shape index (κ3) is 3.23. The van der Waals surface area contributed by atoms with Gasteiger partial charge in [-0.05, 0) is 19.4 Å². The fourth-order valence-corrected chi connectivity index (χ4v) is 1.77. The summed E-state index contributed by atoms with van der Waals surface area (Å²) in [5.74, 6) is -0.325. The Morgan fingerprint density at radius 1 is 1.25 bits per heavy atom. The van der Waals surface area contributed by atoms with Crippen LogP contribution < -0.4 is 11.0 Å². The summed E-state index contributed by atoms with van der Waals surface area (Å²) in [5, 5.41) is 9.15. The van der Waals surface area contributed by atoms with Crippen molar-refractivity contribution in [3.05, 3.63) is 57.5 Å². The molecule has 2 aromatic rings. The molecule has 0 unspecified atom stereocenters. The first-order chi connectivity index (χ1) is 9.58. The van der Waals surface area contributed by atoms with E-state index < -0.39 is 0 Å². The van der Waals surface area contributed by atoms with Gasteiger partial charge < -0.3 is 5.10 Å². The highest BCUT2D eigenvalue weighted by Gasteiger charge is 2.11. The van der Waals surface area contributed by atoms with E-state index in [0.717, 1.165) is 5.56 Å². The van der Waals surface area contributed by atoms with Crippen molar-refractivity contribution in [2.45, 2.75) is 20.3 Å². The summed E-state index contributed by atoms with van der Waals surface area (Å²) >= 11 is 0. The molecule has 0 spiro atoms. The fourth-order valence-electron chi connectivity index (χ4n) is 1.77. The fraction of sp³-hybridized carbons (Fsp3) is 0.214. The van der Waals surface area contributed by atoms with Gasteiger partial charge in [0.25, 0.3) is 5.56 Å². The zero-order chi connectivity index (χ0) is 14.5. The Morgan fingerprint density at radius 2 is 1.95 bits per heavy atom. The molecule has 1 aromatic carbocycles. The van der Waals surface area contributed by atoms with E-state index in [1.807, 2.05) is 37.3 Å². The van der Waals surface area contributed by atoms with E-state index in [4.69, 9.17) is 0 Å². The predicted octanol–water partition coefficient (Wildman–Crippen LogP) is 1.09. The van der Waals surface area contributed by atoms with E-state index in [1.165, 1.54) is 0 Å². The number of nitrogens with one attached hydrogen (secondary N) is 3. The molecule has 6 heteroatoms. The molecule has 3 N–H and O–H groups in total. The van der Waals surface area contributed by atoms with Crippen LogP contribution in [0.5, 0.6) is 0 Å². The Balaban J connectivity index is 2.01. The summed E-state index contributed by atoms with van der Waals surface area (Å²) < 4.78 is 0. The molecule has 2 rings (SSSR count). The molecule has 0 aliphatic carbocycles. The number of carbonyl (C=O) groups is 1. The molecular formula is C14H16N4O2. The monoisotopic (exact) mass is 272 g/mol. The van der Waals surface area contributed by atoms with Crippen molar-refractivity contribution in [3.63, 3.8) is 0 Å². The minimum absolute atomic E-state index is 0.00373. The molecule has 0 aliphatic rings. The van der Waals surface area contributed by atoms with Crippen LogP contribution in [-0.4, -0.2) is 21.8 Å². The highest BCUT2D eigenvalue weighted by Crippen LogP contribution is 2.01. The zero-order valence-electron chi connectivity index (χ0n) is 11.4. The molecule has 1 amide bonds. The van der Waals surface area contributed by atoms with Gasteiger partial charge in [0.2, 0.25) is 5.91 Å². The quantitative estimate of drug-likeness (QED) is 0.574. The van der Waals surface area contributed by atoms with Crippen molar-refractivity contribution in [1.29, 1.82) is 0 Å². The first-order valence-corrected chi connectivity index (χ1v) is 6.22. The highest BCUT2D eigenvalue weighted by atomic mass is 16.2. The Hall–Kier alpha value is -2.63. The topological polar surface area (TPSA) is 90.1 Å². The van der Waals surface area contributed by atoms with Crippen LogP contribution in [0.4, 0.5) is 0 Å². The Bertz CT molecular complexity index is 683. The standard InChI is InChI=1S/C14H16N4O2/c1-9(11-6-4-3-5-7-11)15-17-13(19)8-12-10(2)16-18-14(12)20/h3-7H,8H2,1-2H3,(H,17,19)(H2,16,18,20)/b15-9+. The molecule has 0 atom stereocenters. The third-order valence-electron chi connectivity index (χ3n) is 2.97. The molecule has 0 aliphatic heterocycles. The number of amides is 1. The first-order valence-electron chi connectivity index (χ1n) is 6.22.